The van der Waals surface area contributed by atoms with Crippen LogP contribution in [-0.2, 0) is 16.1 Å². The van der Waals surface area contributed by atoms with Gasteiger partial charge in [-0.2, -0.15) is 0 Å². The van der Waals surface area contributed by atoms with Gasteiger partial charge in [0.1, 0.15) is 0 Å². The second-order valence-electron chi connectivity index (χ2n) is 6.25. The van der Waals surface area contributed by atoms with Crippen LogP contribution in [0.1, 0.15) is 22.3 Å². The normalized spacial score (nSPS) is 10.6. The Morgan fingerprint density at radius 3 is 2.64 bits per heavy atom. The van der Waals surface area contributed by atoms with Crippen molar-refractivity contribution in [3.05, 3.63) is 74.4 Å². The Morgan fingerprint density at radius 2 is 1.89 bits per heavy atom. The Labute approximate surface area is 159 Å². The number of carbonyl (C=O) groups is 2. The molecular weight excluding hydrogens is 362 g/mol. The van der Waals surface area contributed by atoms with Crippen LogP contribution >= 0.6 is 0 Å². The van der Waals surface area contributed by atoms with Crippen molar-refractivity contribution in [3.63, 3.8) is 0 Å². The first-order valence-corrected chi connectivity index (χ1v) is 8.61. The van der Waals surface area contributed by atoms with Crippen LogP contribution in [0.4, 0.5) is 5.69 Å². The number of hydrogen-bond donors (Lipinski definition) is 2. The van der Waals surface area contributed by atoms with E-state index in [9.17, 15) is 19.2 Å². The molecule has 8 heteroatoms. The van der Waals surface area contributed by atoms with Gasteiger partial charge in [0.15, 0.2) is 0 Å². The molecule has 0 aliphatic heterocycles. The molecule has 2 aromatic carbocycles. The highest BCUT2D eigenvalue weighted by Crippen LogP contribution is 2.18. The van der Waals surface area contributed by atoms with Crippen LogP contribution < -0.4 is 16.6 Å². The molecule has 0 radical (unpaired) electrons. The molecule has 2 N–H and O–H groups in total. The summed E-state index contributed by atoms with van der Waals surface area (Å²) in [4.78, 5) is 50.4. The molecule has 0 atom stereocenters. The van der Waals surface area contributed by atoms with Crippen molar-refractivity contribution in [2.45, 2.75) is 19.9 Å². The second kappa shape index (κ2) is 7.91. The maximum atomic E-state index is 12.4. The van der Waals surface area contributed by atoms with Gasteiger partial charge in [-0.1, -0.05) is 18.2 Å². The quantitative estimate of drug-likeness (QED) is 0.655. The van der Waals surface area contributed by atoms with Crippen molar-refractivity contribution >= 4 is 28.5 Å². The lowest BCUT2D eigenvalue weighted by atomic mass is 10.1. The maximum absolute atomic E-state index is 12.4. The third-order valence-electron chi connectivity index (χ3n) is 4.40. The van der Waals surface area contributed by atoms with Gasteiger partial charge in [0.05, 0.1) is 23.6 Å². The number of aromatic nitrogens is 2. The lowest BCUT2D eigenvalue weighted by Crippen LogP contribution is -2.31. The summed E-state index contributed by atoms with van der Waals surface area (Å²) < 4.78 is 6.04. The predicted molar refractivity (Wildman–Crippen MR) is 105 cm³/mol. The van der Waals surface area contributed by atoms with Gasteiger partial charge in [0, 0.05) is 18.7 Å². The Kier molecular flexibility index (Phi) is 5.39. The Balaban J connectivity index is 1.79. The smallest absolute Gasteiger partial charge is 0.337 e. The number of aromatic amines is 1. The number of H-pyrrole nitrogens is 1. The molecule has 28 heavy (non-hydrogen) atoms. The minimum atomic E-state index is -0.569. The second-order valence-corrected chi connectivity index (χ2v) is 6.25. The summed E-state index contributed by atoms with van der Waals surface area (Å²) in [6.07, 6.45) is 0.0117. The van der Waals surface area contributed by atoms with Gasteiger partial charge in [-0.25, -0.2) is 9.59 Å². The standard InChI is InChI=1S/C20H19N3O5/c1-12-7-8-13(19(26)28-2)11-15(12)21-17(24)9-10-23-16-6-4-3-5-14(16)18(25)22-20(23)27/h3-8,11H,9-10H2,1-2H3,(H,21,24)(H,22,25,27). The highest BCUT2D eigenvalue weighted by atomic mass is 16.5. The van der Waals surface area contributed by atoms with E-state index in [-0.39, 0.29) is 18.9 Å². The van der Waals surface area contributed by atoms with E-state index < -0.39 is 17.2 Å². The average molecular weight is 381 g/mol. The van der Waals surface area contributed by atoms with E-state index in [1.54, 1.807) is 49.4 Å². The molecule has 0 unspecified atom stereocenters. The zero-order chi connectivity index (χ0) is 20.3. The fourth-order valence-electron chi connectivity index (χ4n) is 2.89. The summed E-state index contributed by atoms with van der Waals surface area (Å²) in [5, 5.41) is 3.12. The molecule has 0 aliphatic rings. The van der Waals surface area contributed by atoms with Crippen LogP contribution in [0.2, 0.25) is 0 Å². The monoisotopic (exact) mass is 381 g/mol. The number of fused-ring (bicyclic) bond motifs is 1. The molecular formula is C20H19N3O5. The number of esters is 1. The number of para-hydroxylation sites is 1. The first kappa shape index (κ1) is 19.1. The number of rotatable bonds is 5. The third kappa shape index (κ3) is 3.85. The van der Waals surface area contributed by atoms with Crippen molar-refractivity contribution in [1.82, 2.24) is 9.55 Å². The molecule has 0 saturated heterocycles. The van der Waals surface area contributed by atoms with E-state index in [2.05, 4.69) is 15.0 Å². The van der Waals surface area contributed by atoms with Crippen LogP contribution in [0.3, 0.4) is 0 Å². The molecule has 1 aromatic heterocycles. The summed E-state index contributed by atoms with van der Waals surface area (Å²) in [5.41, 5.74) is 1.04. The SMILES string of the molecule is COC(=O)c1ccc(C)c(NC(=O)CCn2c(=O)[nH]c(=O)c3ccccc32)c1. The predicted octanol–water partition coefficient (Wildman–Crippen LogP) is 1.81. The Morgan fingerprint density at radius 1 is 1.14 bits per heavy atom. The highest BCUT2D eigenvalue weighted by molar-refractivity contribution is 5.95. The number of nitrogens with zero attached hydrogens (tertiary/aromatic N) is 1. The fraction of sp³-hybridized carbons (Fsp3) is 0.200. The van der Waals surface area contributed by atoms with Crippen molar-refractivity contribution in [2.75, 3.05) is 12.4 Å². The first-order chi connectivity index (χ1) is 13.4. The van der Waals surface area contributed by atoms with E-state index in [4.69, 9.17) is 0 Å². The molecule has 1 amide bonds. The molecule has 0 saturated carbocycles. The van der Waals surface area contributed by atoms with Crippen molar-refractivity contribution in [1.29, 1.82) is 0 Å². The molecule has 0 spiro atoms. The fourth-order valence-corrected chi connectivity index (χ4v) is 2.89. The van der Waals surface area contributed by atoms with E-state index in [1.165, 1.54) is 11.7 Å². The molecule has 3 aromatic rings. The van der Waals surface area contributed by atoms with Gasteiger partial charge in [0.2, 0.25) is 5.91 Å². The summed E-state index contributed by atoms with van der Waals surface area (Å²) in [7, 11) is 1.28. The largest absolute Gasteiger partial charge is 0.465 e. The summed E-state index contributed by atoms with van der Waals surface area (Å²) >= 11 is 0. The molecule has 0 bridgehead atoms. The minimum Gasteiger partial charge on any atom is -0.465 e. The maximum Gasteiger partial charge on any atom is 0.337 e. The number of methoxy groups -OCH3 is 1. The van der Waals surface area contributed by atoms with Crippen LogP contribution in [0.5, 0.6) is 0 Å². The van der Waals surface area contributed by atoms with Gasteiger partial charge in [0.25, 0.3) is 5.56 Å². The number of aryl methyl sites for hydroxylation is 2. The topological polar surface area (TPSA) is 110 Å². The minimum absolute atomic E-state index is 0.0117. The van der Waals surface area contributed by atoms with Crippen molar-refractivity contribution in [2.24, 2.45) is 0 Å². The lowest BCUT2D eigenvalue weighted by molar-refractivity contribution is -0.116. The third-order valence-corrected chi connectivity index (χ3v) is 4.40. The van der Waals surface area contributed by atoms with E-state index >= 15 is 0 Å². The van der Waals surface area contributed by atoms with Crippen LogP contribution in [-0.4, -0.2) is 28.5 Å². The number of anilines is 1. The Hall–Kier alpha value is -3.68. The molecule has 144 valence electrons. The summed E-state index contributed by atoms with van der Waals surface area (Å²) in [5.74, 6) is -0.825. The number of nitrogens with one attached hydrogen (secondary N) is 2. The number of carbonyl (C=O) groups excluding carboxylic acids is 2. The number of hydrogen-bond acceptors (Lipinski definition) is 5. The molecule has 1 heterocycles. The van der Waals surface area contributed by atoms with Crippen LogP contribution in [0, 0.1) is 6.92 Å². The zero-order valence-corrected chi connectivity index (χ0v) is 15.4. The zero-order valence-electron chi connectivity index (χ0n) is 15.4. The Bertz CT molecular complexity index is 1180. The van der Waals surface area contributed by atoms with Gasteiger partial charge in [-0.05, 0) is 36.8 Å². The highest BCUT2D eigenvalue weighted by Gasteiger charge is 2.12. The van der Waals surface area contributed by atoms with E-state index in [1.807, 2.05) is 0 Å². The first-order valence-electron chi connectivity index (χ1n) is 8.61. The molecule has 0 aliphatic carbocycles. The van der Waals surface area contributed by atoms with E-state index in [0.717, 1.165) is 5.56 Å². The van der Waals surface area contributed by atoms with Crippen LogP contribution in [0.15, 0.2) is 52.1 Å². The van der Waals surface area contributed by atoms with Gasteiger partial charge < -0.3 is 10.1 Å². The van der Waals surface area contributed by atoms with Gasteiger partial charge >= 0.3 is 11.7 Å². The van der Waals surface area contributed by atoms with Crippen LogP contribution in [0.25, 0.3) is 10.9 Å². The lowest BCUT2D eigenvalue weighted by Gasteiger charge is -2.12. The van der Waals surface area contributed by atoms with Gasteiger partial charge in [-0.15, -0.1) is 0 Å². The number of ether oxygens (including phenoxy) is 1. The molecule has 3 rings (SSSR count). The van der Waals surface area contributed by atoms with Crippen molar-refractivity contribution < 1.29 is 14.3 Å². The number of amides is 1. The number of benzene rings is 2. The summed E-state index contributed by atoms with van der Waals surface area (Å²) in [6.45, 7) is 1.90. The molecule has 0 fully saturated rings. The van der Waals surface area contributed by atoms with E-state index in [0.29, 0.717) is 22.2 Å². The van der Waals surface area contributed by atoms with Crippen molar-refractivity contribution in [3.8, 4) is 0 Å². The summed E-state index contributed by atoms with van der Waals surface area (Å²) in [6, 6.07) is 11.6. The van der Waals surface area contributed by atoms with Gasteiger partial charge in [-0.3, -0.25) is 19.1 Å². The average Bonchev–Trinajstić information content (AvgIpc) is 2.69. The molecule has 8 nitrogen and oxygen atoms in total.